The van der Waals surface area contributed by atoms with Gasteiger partial charge >= 0.3 is 5.97 Å². The van der Waals surface area contributed by atoms with Crippen molar-refractivity contribution in [3.63, 3.8) is 0 Å². The lowest BCUT2D eigenvalue weighted by Gasteiger charge is -2.20. The Kier molecular flexibility index (Phi) is 7.73. The van der Waals surface area contributed by atoms with Crippen LogP contribution < -0.4 is 5.32 Å². The number of carbonyl (C=O) groups excluding carboxylic acids is 1. The maximum atomic E-state index is 12.0. The molecular weight excluding hydrogens is 336 g/mol. The number of hydrogen-bond donors (Lipinski definition) is 2. The first-order chi connectivity index (χ1) is 11.2. The first-order valence-electron chi connectivity index (χ1n) is 7.83. The van der Waals surface area contributed by atoms with Crippen LogP contribution in [0.1, 0.15) is 55.1 Å². The molecule has 0 saturated heterocycles. The molecule has 1 fully saturated rings. The Balaban J connectivity index is 1.64. The van der Waals surface area contributed by atoms with Crippen molar-refractivity contribution in [1.82, 2.24) is 20.3 Å². The maximum Gasteiger partial charge on any atom is 0.304 e. The van der Waals surface area contributed by atoms with Crippen molar-refractivity contribution in [3.8, 4) is 0 Å². The SMILES string of the molecule is O=C(O)CCSSCCNC(=O)c1cn(C2CCCCC2)nn1. The fraction of sp³-hybridized carbons (Fsp3) is 0.714. The molecule has 1 amide bonds. The van der Waals surface area contributed by atoms with Crippen LogP contribution in [0.5, 0.6) is 0 Å². The standard InChI is InChI=1S/C14H22N4O3S2/c19-13(20)6-8-22-23-9-7-15-14(21)12-10-18(17-16-12)11-4-2-1-3-5-11/h10-11H,1-9H2,(H,15,21)(H,19,20). The average Bonchev–Trinajstić information content (AvgIpc) is 3.04. The first kappa shape index (κ1) is 18.1. The molecule has 23 heavy (non-hydrogen) atoms. The summed E-state index contributed by atoms with van der Waals surface area (Å²) in [5.41, 5.74) is 0.360. The zero-order valence-corrected chi connectivity index (χ0v) is 14.6. The largest absolute Gasteiger partial charge is 0.481 e. The van der Waals surface area contributed by atoms with Gasteiger partial charge in [0.2, 0.25) is 0 Å². The number of aliphatic carboxylic acids is 1. The van der Waals surface area contributed by atoms with Crippen LogP contribution in [0.3, 0.4) is 0 Å². The normalized spacial score (nSPS) is 15.5. The molecule has 2 N–H and O–H groups in total. The Morgan fingerprint density at radius 2 is 2.00 bits per heavy atom. The Morgan fingerprint density at radius 1 is 1.26 bits per heavy atom. The molecule has 7 nitrogen and oxygen atoms in total. The van der Waals surface area contributed by atoms with Crippen molar-refractivity contribution < 1.29 is 14.7 Å². The van der Waals surface area contributed by atoms with E-state index in [2.05, 4.69) is 15.6 Å². The number of nitrogens with one attached hydrogen (secondary N) is 1. The van der Waals surface area contributed by atoms with Crippen molar-refractivity contribution in [1.29, 1.82) is 0 Å². The van der Waals surface area contributed by atoms with Gasteiger partial charge in [-0.2, -0.15) is 0 Å². The van der Waals surface area contributed by atoms with Crippen molar-refractivity contribution in [3.05, 3.63) is 11.9 Å². The zero-order chi connectivity index (χ0) is 16.5. The predicted octanol–water partition coefficient (Wildman–Crippen LogP) is 2.37. The Morgan fingerprint density at radius 3 is 2.74 bits per heavy atom. The van der Waals surface area contributed by atoms with Crippen LogP contribution in [-0.4, -0.2) is 50.0 Å². The molecule has 0 aromatic carbocycles. The lowest BCUT2D eigenvalue weighted by atomic mass is 9.96. The summed E-state index contributed by atoms with van der Waals surface area (Å²) in [5, 5.41) is 19.4. The quantitative estimate of drug-likeness (QED) is 0.516. The summed E-state index contributed by atoms with van der Waals surface area (Å²) < 4.78 is 1.82. The topological polar surface area (TPSA) is 97.1 Å². The molecule has 1 aromatic rings. The van der Waals surface area contributed by atoms with E-state index in [0.29, 0.717) is 24.0 Å². The smallest absolute Gasteiger partial charge is 0.304 e. The minimum atomic E-state index is -0.785. The van der Waals surface area contributed by atoms with Crippen LogP contribution in [0, 0.1) is 0 Å². The number of hydrogen-bond acceptors (Lipinski definition) is 6. The van der Waals surface area contributed by atoms with Gasteiger partial charge in [-0.25, -0.2) is 4.68 Å². The molecule has 0 spiro atoms. The molecule has 0 atom stereocenters. The summed E-state index contributed by atoms with van der Waals surface area (Å²) in [6.45, 7) is 0.528. The van der Waals surface area contributed by atoms with Gasteiger partial charge in [-0.15, -0.1) is 5.10 Å². The fourth-order valence-electron chi connectivity index (χ4n) is 2.45. The summed E-state index contributed by atoms with van der Waals surface area (Å²) >= 11 is 0. The summed E-state index contributed by atoms with van der Waals surface area (Å²) in [4.78, 5) is 22.4. The Labute approximate surface area is 143 Å². The molecule has 1 saturated carbocycles. The number of amides is 1. The second kappa shape index (κ2) is 9.82. The second-order valence-corrected chi connectivity index (χ2v) is 8.12. The van der Waals surface area contributed by atoms with E-state index in [-0.39, 0.29) is 12.3 Å². The Bertz CT molecular complexity index is 518. The lowest BCUT2D eigenvalue weighted by Crippen LogP contribution is -2.26. The number of rotatable bonds is 9. The van der Waals surface area contributed by atoms with Gasteiger partial charge in [0.15, 0.2) is 5.69 Å². The third-order valence-corrected chi connectivity index (χ3v) is 6.05. The Hall–Kier alpha value is -1.22. The highest BCUT2D eigenvalue weighted by atomic mass is 33.1. The summed E-state index contributed by atoms with van der Waals surface area (Å²) in [5.74, 6) is 0.312. The minimum absolute atomic E-state index is 0.161. The van der Waals surface area contributed by atoms with Crippen molar-refractivity contribution in [2.75, 3.05) is 18.1 Å². The fourth-order valence-corrected chi connectivity index (χ4v) is 4.33. The predicted molar refractivity (Wildman–Crippen MR) is 91.6 cm³/mol. The highest BCUT2D eigenvalue weighted by Crippen LogP contribution is 2.27. The van der Waals surface area contributed by atoms with Crippen LogP contribution >= 0.6 is 21.6 Å². The van der Waals surface area contributed by atoms with Gasteiger partial charge in [0.05, 0.1) is 18.7 Å². The average molecular weight is 358 g/mol. The highest BCUT2D eigenvalue weighted by Gasteiger charge is 2.18. The van der Waals surface area contributed by atoms with Gasteiger partial charge in [-0.3, -0.25) is 9.59 Å². The third kappa shape index (κ3) is 6.42. The summed E-state index contributed by atoms with van der Waals surface area (Å²) in [6.07, 6.45) is 7.81. The van der Waals surface area contributed by atoms with E-state index < -0.39 is 5.97 Å². The highest BCUT2D eigenvalue weighted by molar-refractivity contribution is 8.76. The summed E-state index contributed by atoms with van der Waals surface area (Å²) in [7, 11) is 3.06. The van der Waals surface area contributed by atoms with Crippen molar-refractivity contribution in [2.24, 2.45) is 0 Å². The monoisotopic (exact) mass is 358 g/mol. The number of carbonyl (C=O) groups is 2. The lowest BCUT2D eigenvalue weighted by molar-refractivity contribution is -0.136. The number of nitrogens with zero attached hydrogens (tertiary/aromatic N) is 3. The first-order valence-corrected chi connectivity index (χ1v) is 10.3. The van der Waals surface area contributed by atoms with E-state index in [4.69, 9.17) is 5.11 Å². The van der Waals surface area contributed by atoms with Gasteiger partial charge in [-0.05, 0) is 12.8 Å². The van der Waals surface area contributed by atoms with Gasteiger partial charge in [0.1, 0.15) is 0 Å². The third-order valence-electron chi connectivity index (χ3n) is 3.65. The molecule has 0 radical (unpaired) electrons. The molecule has 1 aromatic heterocycles. The van der Waals surface area contributed by atoms with E-state index in [0.717, 1.165) is 18.6 Å². The molecule has 0 aliphatic heterocycles. The van der Waals surface area contributed by atoms with Gasteiger partial charge in [0.25, 0.3) is 5.91 Å². The molecule has 128 valence electrons. The number of aromatic nitrogens is 3. The zero-order valence-electron chi connectivity index (χ0n) is 12.9. The molecule has 0 bridgehead atoms. The van der Waals surface area contributed by atoms with Gasteiger partial charge < -0.3 is 10.4 Å². The van der Waals surface area contributed by atoms with E-state index in [1.165, 1.54) is 30.1 Å². The summed E-state index contributed by atoms with van der Waals surface area (Å²) in [6, 6.07) is 0.374. The van der Waals surface area contributed by atoms with E-state index in [9.17, 15) is 9.59 Å². The van der Waals surface area contributed by atoms with E-state index >= 15 is 0 Å². The van der Waals surface area contributed by atoms with E-state index in [1.807, 2.05) is 4.68 Å². The molecule has 1 aliphatic carbocycles. The van der Waals surface area contributed by atoms with Crippen molar-refractivity contribution >= 4 is 33.5 Å². The van der Waals surface area contributed by atoms with Gasteiger partial charge in [-0.1, -0.05) is 46.1 Å². The number of carboxylic acid groups (broad SMARTS) is 1. The molecule has 1 heterocycles. The van der Waals surface area contributed by atoms with Crippen LogP contribution in [0.4, 0.5) is 0 Å². The molecule has 9 heteroatoms. The van der Waals surface area contributed by atoms with Crippen LogP contribution in [0.2, 0.25) is 0 Å². The molecule has 0 unspecified atom stereocenters. The minimum Gasteiger partial charge on any atom is -0.481 e. The molecular formula is C14H22N4O3S2. The van der Waals surface area contributed by atoms with Gasteiger partial charge in [0, 0.05) is 18.1 Å². The second-order valence-electron chi connectivity index (χ2n) is 5.42. The molecule has 1 aliphatic rings. The van der Waals surface area contributed by atoms with Crippen LogP contribution in [0.15, 0.2) is 6.20 Å². The molecule has 2 rings (SSSR count). The number of carboxylic acids is 1. The van der Waals surface area contributed by atoms with Crippen LogP contribution in [-0.2, 0) is 4.79 Å². The van der Waals surface area contributed by atoms with Crippen molar-refractivity contribution in [2.45, 2.75) is 44.6 Å². The van der Waals surface area contributed by atoms with E-state index in [1.54, 1.807) is 17.0 Å². The maximum absolute atomic E-state index is 12.0. The van der Waals surface area contributed by atoms with Crippen LogP contribution in [0.25, 0.3) is 0 Å².